The van der Waals surface area contributed by atoms with Crippen LogP contribution in [0.1, 0.15) is 24.3 Å². The first-order chi connectivity index (χ1) is 12.6. The number of para-hydroxylation sites is 1. The third-order valence-corrected chi connectivity index (χ3v) is 4.78. The second-order valence-corrected chi connectivity index (χ2v) is 6.60. The molecule has 1 amide bonds. The van der Waals surface area contributed by atoms with Crippen molar-refractivity contribution in [1.29, 1.82) is 0 Å². The van der Waals surface area contributed by atoms with E-state index in [4.69, 9.17) is 4.42 Å². The second kappa shape index (κ2) is 6.88. The van der Waals surface area contributed by atoms with E-state index < -0.39 is 0 Å². The number of nitrogens with one attached hydrogen (secondary N) is 1. The SMILES string of the molecule is Cc1nc2cccc(NC(=O)C3CCCN3Cc3ccccc3F)c2o1. The predicted molar refractivity (Wildman–Crippen MR) is 97.2 cm³/mol. The van der Waals surface area contributed by atoms with Crippen molar-refractivity contribution in [2.24, 2.45) is 0 Å². The van der Waals surface area contributed by atoms with E-state index in [1.807, 2.05) is 23.1 Å². The average Bonchev–Trinajstić information content (AvgIpc) is 3.23. The van der Waals surface area contributed by atoms with Gasteiger partial charge in [0.15, 0.2) is 11.5 Å². The van der Waals surface area contributed by atoms with E-state index >= 15 is 0 Å². The summed E-state index contributed by atoms with van der Waals surface area (Å²) in [5.41, 5.74) is 2.53. The Balaban J connectivity index is 1.52. The Morgan fingerprint density at radius 3 is 3.00 bits per heavy atom. The van der Waals surface area contributed by atoms with Gasteiger partial charge in [0.25, 0.3) is 0 Å². The maximum Gasteiger partial charge on any atom is 0.241 e. The Morgan fingerprint density at radius 1 is 1.31 bits per heavy atom. The number of carbonyl (C=O) groups is 1. The fourth-order valence-corrected chi connectivity index (χ4v) is 3.53. The minimum Gasteiger partial charge on any atom is -0.439 e. The lowest BCUT2D eigenvalue weighted by atomic mass is 10.1. The molecule has 0 radical (unpaired) electrons. The Hall–Kier alpha value is -2.73. The van der Waals surface area contributed by atoms with Gasteiger partial charge in [-0.3, -0.25) is 9.69 Å². The Labute approximate surface area is 150 Å². The van der Waals surface area contributed by atoms with Crippen LogP contribution in [0.25, 0.3) is 11.1 Å². The quantitative estimate of drug-likeness (QED) is 0.773. The Kier molecular flexibility index (Phi) is 4.42. The molecule has 0 saturated carbocycles. The van der Waals surface area contributed by atoms with Crippen molar-refractivity contribution in [3.05, 3.63) is 59.7 Å². The molecule has 2 heterocycles. The van der Waals surface area contributed by atoms with Gasteiger partial charge in [0, 0.05) is 19.0 Å². The van der Waals surface area contributed by atoms with Crippen LogP contribution >= 0.6 is 0 Å². The standard InChI is InChI=1S/C20H20FN3O2/c1-13-22-16-8-4-9-17(19(16)26-13)23-20(25)18-10-5-11-24(18)12-14-6-2-3-7-15(14)21/h2-4,6-9,18H,5,10-12H2,1H3,(H,23,25). The number of hydrogen-bond donors (Lipinski definition) is 1. The topological polar surface area (TPSA) is 58.4 Å². The highest BCUT2D eigenvalue weighted by molar-refractivity contribution is 6.01. The summed E-state index contributed by atoms with van der Waals surface area (Å²) >= 11 is 0. The highest BCUT2D eigenvalue weighted by Crippen LogP contribution is 2.26. The van der Waals surface area contributed by atoms with E-state index in [9.17, 15) is 9.18 Å². The zero-order valence-electron chi connectivity index (χ0n) is 14.5. The van der Waals surface area contributed by atoms with Crippen LogP contribution in [0.15, 0.2) is 46.9 Å². The van der Waals surface area contributed by atoms with Crippen molar-refractivity contribution in [1.82, 2.24) is 9.88 Å². The molecule has 5 nitrogen and oxygen atoms in total. The van der Waals surface area contributed by atoms with E-state index in [1.54, 1.807) is 25.1 Å². The first-order valence-electron chi connectivity index (χ1n) is 8.76. The molecule has 26 heavy (non-hydrogen) atoms. The molecule has 1 N–H and O–H groups in total. The van der Waals surface area contributed by atoms with Gasteiger partial charge in [0.1, 0.15) is 11.3 Å². The first-order valence-corrected chi connectivity index (χ1v) is 8.76. The molecule has 1 saturated heterocycles. The van der Waals surface area contributed by atoms with E-state index in [0.29, 0.717) is 29.3 Å². The third-order valence-electron chi connectivity index (χ3n) is 4.78. The van der Waals surface area contributed by atoms with Crippen molar-refractivity contribution in [3.63, 3.8) is 0 Å². The Morgan fingerprint density at radius 2 is 2.15 bits per heavy atom. The van der Waals surface area contributed by atoms with Crippen molar-refractivity contribution in [3.8, 4) is 0 Å². The smallest absolute Gasteiger partial charge is 0.241 e. The van der Waals surface area contributed by atoms with Crippen LogP contribution in [0.4, 0.5) is 10.1 Å². The number of hydrogen-bond acceptors (Lipinski definition) is 4. The molecule has 0 bridgehead atoms. The molecule has 2 aromatic carbocycles. The number of likely N-dealkylation sites (tertiary alicyclic amines) is 1. The van der Waals surface area contributed by atoms with Gasteiger partial charge in [-0.1, -0.05) is 24.3 Å². The van der Waals surface area contributed by atoms with Crippen LogP contribution in [0.5, 0.6) is 0 Å². The fraction of sp³-hybridized carbons (Fsp3) is 0.300. The summed E-state index contributed by atoms with van der Waals surface area (Å²) in [6, 6.07) is 11.9. The number of oxazole rings is 1. The lowest BCUT2D eigenvalue weighted by Gasteiger charge is -2.24. The molecule has 1 fully saturated rings. The maximum absolute atomic E-state index is 13.9. The predicted octanol–water partition coefficient (Wildman–Crippen LogP) is 3.88. The maximum atomic E-state index is 13.9. The molecule has 0 spiro atoms. The molecule has 6 heteroatoms. The monoisotopic (exact) mass is 353 g/mol. The zero-order chi connectivity index (χ0) is 18.1. The number of aryl methyl sites for hydroxylation is 1. The summed E-state index contributed by atoms with van der Waals surface area (Å²) in [4.78, 5) is 19.2. The largest absolute Gasteiger partial charge is 0.439 e. The summed E-state index contributed by atoms with van der Waals surface area (Å²) in [6.45, 7) is 2.98. The summed E-state index contributed by atoms with van der Waals surface area (Å²) in [5, 5.41) is 2.96. The number of benzene rings is 2. The molecule has 1 unspecified atom stereocenters. The highest BCUT2D eigenvalue weighted by Gasteiger charge is 2.31. The van der Waals surface area contributed by atoms with Crippen LogP contribution in [-0.2, 0) is 11.3 Å². The molecular weight excluding hydrogens is 333 g/mol. The van der Waals surface area contributed by atoms with Crippen molar-refractivity contribution >= 4 is 22.7 Å². The van der Waals surface area contributed by atoms with Gasteiger partial charge in [0.05, 0.1) is 11.7 Å². The molecule has 1 aromatic heterocycles. The summed E-state index contributed by atoms with van der Waals surface area (Å²) in [5.74, 6) is 0.226. The van der Waals surface area contributed by atoms with E-state index in [0.717, 1.165) is 24.9 Å². The number of rotatable bonds is 4. The minimum atomic E-state index is -0.283. The van der Waals surface area contributed by atoms with Crippen LogP contribution in [0.3, 0.4) is 0 Å². The number of anilines is 1. The minimum absolute atomic E-state index is 0.0969. The van der Waals surface area contributed by atoms with Crippen molar-refractivity contribution < 1.29 is 13.6 Å². The summed E-state index contributed by atoms with van der Waals surface area (Å²) in [7, 11) is 0. The summed E-state index contributed by atoms with van der Waals surface area (Å²) in [6.07, 6.45) is 1.67. The van der Waals surface area contributed by atoms with Crippen LogP contribution in [0, 0.1) is 12.7 Å². The number of amides is 1. The van der Waals surface area contributed by atoms with Gasteiger partial charge < -0.3 is 9.73 Å². The average molecular weight is 353 g/mol. The molecular formula is C20H20FN3O2. The van der Waals surface area contributed by atoms with Gasteiger partial charge >= 0.3 is 0 Å². The zero-order valence-corrected chi connectivity index (χ0v) is 14.5. The number of fused-ring (bicyclic) bond motifs is 1. The van der Waals surface area contributed by atoms with Gasteiger partial charge in [-0.05, 0) is 37.6 Å². The summed E-state index contributed by atoms with van der Waals surface area (Å²) < 4.78 is 19.6. The van der Waals surface area contributed by atoms with E-state index in [-0.39, 0.29) is 17.8 Å². The van der Waals surface area contributed by atoms with Gasteiger partial charge in [0.2, 0.25) is 5.91 Å². The fourth-order valence-electron chi connectivity index (χ4n) is 3.53. The lowest BCUT2D eigenvalue weighted by molar-refractivity contribution is -0.120. The lowest BCUT2D eigenvalue weighted by Crippen LogP contribution is -2.39. The van der Waals surface area contributed by atoms with Crippen LogP contribution in [0.2, 0.25) is 0 Å². The molecule has 1 aliphatic heterocycles. The molecule has 3 aromatic rings. The van der Waals surface area contributed by atoms with Crippen molar-refractivity contribution in [2.45, 2.75) is 32.4 Å². The van der Waals surface area contributed by atoms with Crippen LogP contribution < -0.4 is 5.32 Å². The van der Waals surface area contributed by atoms with Gasteiger partial charge in [-0.25, -0.2) is 9.37 Å². The number of halogens is 1. The normalized spacial score (nSPS) is 17.7. The third kappa shape index (κ3) is 3.20. The molecule has 1 atom stereocenters. The number of carbonyl (C=O) groups excluding carboxylic acids is 1. The molecule has 0 aliphatic carbocycles. The van der Waals surface area contributed by atoms with Crippen molar-refractivity contribution in [2.75, 3.05) is 11.9 Å². The number of aromatic nitrogens is 1. The number of nitrogens with zero attached hydrogens (tertiary/aromatic N) is 2. The van der Waals surface area contributed by atoms with Gasteiger partial charge in [-0.2, -0.15) is 0 Å². The molecule has 1 aliphatic rings. The second-order valence-electron chi connectivity index (χ2n) is 6.60. The molecule has 4 rings (SSSR count). The van der Waals surface area contributed by atoms with E-state index in [1.165, 1.54) is 6.07 Å². The Bertz CT molecular complexity index is 953. The van der Waals surface area contributed by atoms with Crippen LogP contribution in [-0.4, -0.2) is 28.4 Å². The van der Waals surface area contributed by atoms with Gasteiger partial charge in [-0.15, -0.1) is 0 Å². The van der Waals surface area contributed by atoms with E-state index in [2.05, 4.69) is 10.3 Å². The first kappa shape index (κ1) is 16.7. The molecule has 134 valence electrons. The highest BCUT2D eigenvalue weighted by atomic mass is 19.1.